The average molecular weight is 420 g/mol. The first kappa shape index (κ1) is 17.4. The summed E-state index contributed by atoms with van der Waals surface area (Å²) in [5, 5.41) is 4.11. The highest BCUT2D eigenvalue weighted by molar-refractivity contribution is 9.10. The molecule has 1 amide bonds. The lowest BCUT2D eigenvalue weighted by atomic mass is 10.1. The Morgan fingerprint density at radius 2 is 1.88 bits per heavy atom. The molecule has 0 aliphatic heterocycles. The Bertz CT molecular complexity index is 984. The Kier molecular flexibility index (Phi) is 5.00. The number of hydrogen-bond donors (Lipinski definition) is 1. The van der Waals surface area contributed by atoms with Crippen LogP contribution in [-0.2, 0) is 16.6 Å². The van der Waals surface area contributed by atoms with Gasteiger partial charge < -0.3 is 0 Å². The van der Waals surface area contributed by atoms with Crippen LogP contribution in [0.25, 0.3) is 0 Å². The van der Waals surface area contributed by atoms with Crippen LogP contribution in [0.15, 0.2) is 76.4 Å². The van der Waals surface area contributed by atoms with E-state index in [1.807, 2.05) is 12.3 Å². The molecule has 128 valence electrons. The number of carbonyl (C=O) groups is 1. The van der Waals surface area contributed by atoms with Crippen molar-refractivity contribution in [3.05, 3.63) is 82.6 Å². The maximum absolute atomic E-state index is 12.3. The van der Waals surface area contributed by atoms with Crippen molar-refractivity contribution in [2.24, 2.45) is 0 Å². The summed E-state index contributed by atoms with van der Waals surface area (Å²) in [6.07, 6.45) is 3.53. The summed E-state index contributed by atoms with van der Waals surface area (Å²) in [5.41, 5.74) is 1.22. The molecular formula is C17H14BrN3O3S. The van der Waals surface area contributed by atoms with Crippen LogP contribution in [0.1, 0.15) is 15.9 Å². The van der Waals surface area contributed by atoms with E-state index in [1.165, 1.54) is 12.1 Å². The third-order valence-electron chi connectivity index (χ3n) is 3.45. The van der Waals surface area contributed by atoms with E-state index in [1.54, 1.807) is 47.3 Å². The molecule has 3 rings (SSSR count). The Labute approximate surface area is 153 Å². The van der Waals surface area contributed by atoms with Gasteiger partial charge in [0, 0.05) is 22.4 Å². The highest BCUT2D eigenvalue weighted by Crippen LogP contribution is 2.16. The molecule has 3 aromatic rings. The molecule has 1 aromatic heterocycles. The topological polar surface area (TPSA) is 81.1 Å². The Morgan fingerprint density at radius 1 is 1.12 bits per heavy atom. The van der Waals surface area contributed by atoms with Crippen molar-refractivity contribution in [2.45, 2.75) is 11.4 Å². The molecule has 1 heterocycles. The molecule has 1 N–H and O–H groups in total. The fourth-order valence-electron chi connectivity index (χ4n) is 2.22. The second-order valence-electron chi connectivity index (χ2n) is 5.29. The molecule has 25 heavy (non-hydrogen) atoms. The van der Waals surface area contributed by atoms with Crippen molar-refractivity contribution in [1.29, 1.82) is 0 Å². The molecule has 0 radical (unpaired) electrons. The zero-order valence-electron chi connectivity index (χ0n) is 13.0. The van der Waals surface area contributed by atoms with E-state index in [4.69, 9.17) is 0 Å². The van der Waals surface area contributed by atoms with Gasteiger partial charge in [-0.15, -0.1) is 0 Å². The van der Waals surface area contributed by atoms with Gasteiger partial charge in [-0.25, -0.2) is 13.1 Å². The minimum absolute atomic E-state index is 0.0190. The van der Waals surface area contributed by atoms with E-state index in [0.717, 1.165) is 5.56 Å². The largest absolute Gasteiger partial charge is 0.268 e. The molecule has 6 nitrogen and oxygen atoms in total. The molecule has 0 saturated heterocycles. The van der Waals surface area contributed by atoms with Gasteiger partial charge in [-0.2, -0.15) is 5.10 Å². The predicted octanol–water partition coefficient (Wildman–Crippen LogP) is 2.81. The number of rotatable bonds is 5. The standard InChI is InChI=1S/C17H14BrN3O3S/c18-15-3-1-4-16(11-15)25(23,24)20-17(22)14-7-5-13(6-8-14)12-21-10-2-9-19-21/h1-11H,12H2,(H,20,22). The minimum atomic E-state index is -3.92. The number of halogens is 1. The second kappa shape index (κ2) is 7.20. The van der Waals surface area contributed by atoms with Crippen molar-refractivity contribution in [1.82, 2.24) is 14.5 Å². The second-order valence-corrected chi connectivity index (χ2v) is 7.89. The first-order chi connectivity index (χ1) is 11.9. The molecule has 8 heteroatoms. The van der Waals surface area contributed by atoms with Crippen LogP contribution >= 0.6 is 15.9 Å². The van der Waals surface area contributed by atoms with Gasteiger partial charge >= 0.3 is 0 Å². The first-order valence-electron chi connectivity index (χ1n) is 7.33. The molecule has 0 saturated carbocycles. The van der Waals surface area contributed by atoms with Gasteiger partial charge in [0.1, 0.15) is 0 Å². The fraction of sp³-hybridized carbons (Fsp3) is 0.0588. The minimum Gasteiger partial charge on any atom is -0.268 e. The summed E-state index contributed by atoms with van der Waals surface area (Å²) < 4.78 is 29.0. The summed E-state index contributed by atoms with van der Waals surface area (Å²) in [7, 11) is -3.92. The van der Waals surface area contributed by atoms with Gasteiger partial charge in [0.25, 0.3) is 15.9 Å². The molecule has 0 aliphatic carbocycles. The van der Waals surface area contributed by atoms with Crippen LogP contribution in [0.5, 0.6) is 0 Å². The first-order valence-corrected chi connectivity index (χ1v) is 9.61. The number of sulfonamides is 1. The van der Waals surface area contributed by atoms with E-state index in [0.29, 0.717) is 11.0 Å². The molecule has 0 unspecified atom stereocenters. The van der Waals surface area contributed by atoms with E-state index in [-0.39, 0.29) is 10.5 Å². The van der Waals surface area contributed by atoms with Crippen LogP contribution < -0.4 is 4.72 Å². The third kappa shape index (κ3) is 4.34. The Balaban J connectivity index is 1.72. The summed E-state index contributed by atoms with van der Waals surface area (Å²) in [6, 6.07) is 14.7. The summed E-state index contributed by atoms with van der Waals surface area (Å²) in [5.74, 6) is -0.675. The van der Waals surface area contributed by atoms with Gasteiger partial charge in [0.2, 0.25) is 0 Å². The lowest BCUT2D eigenvalue weighted by Crippen LogP contribution is -2.30. The SMILES string of the molecule is O=C(NS(=O)(=O)c1cccc(Br)c1)c1ccc(Cn2cccn2)cc1. The van der Waals surface area contributed by atoms with Crippen molar-refractivity contribution in [3.8, 4) is 0 Å². The van der Waals surface area contributed by atoms with Crippen molar-refractivity contribution in [2.75, 3.05) is 0 Å². The number of aromatic nitrogens is 2. The van der Waals surface area contributed by atoms with Crippen molar-refractivity contribution < 1.29 is 13.2 Å². The zero-order chi connectivity index (χ0) is 17.9. The van der Waals surface area contributed by atoms with Crippen LogP contribution in [-0.4, -0.2) is 24.1 Å². The molecule has 0 atom stereocenters. The summed E-state index contributed by atoms with van der Waals surface area (Å²) >= 11 is 3.21. The normalized spacial score (nSPS) is 11.2. The van der Waals surface area contributed by atoms with E-state index in [2.05, 4.69) is 25.8 Å². The van der Waals surface area contributed by atoms with E-state index >= 15 is 0 Å². The fourth-order valence-corrected chi connectivity index (χ4v) is 3.79. The number of hydrogen-bond acceptors (Lipinski definition) is 4. The van der Waals surface area contributed by atoms with Crippen molar-refractivity contribution in [3.63, 3.8) is 0 Å². The highest BCUT2D eigenvalue weighted by Gasteiger charge is 2.18. The predicted molar refractivity (Wildman–Crippen MR) is 96.6 cm³/mol. The molecular weight excluding hydrogens is 406 g/mol. The quantitative estimate of drug-likeness (QED) is 0.689. The zero-order valence-corrected chi connectivity index (χ0v) is 15.4. The van der Waals surface area contributed by atoms with Gasteiger partial charge in [0.05, 0.1) is 11.4 Å². The lowest BCUT2D eigenvalue weighted by molar-refractivity contribution is 0.0981. The van der Waals surface area contributed by atoms with Gasteiger partial charge in [-0.05, 0) is 42.0 Å². The molecule has 0 spiro atoms. The summed E-state index contributed by atoms with van der Waals surface area (Å²) in [4.78, 5) is 12.2. The van der Waals surface area contributed by atoms with Gasteiger partial charge in [0.15, 0.2) is 0 Å². The molecule has 2 aromatic carbocycles. The molecule has 0 aliphatic rings. The number of amides is 1. The highest BCUT2D eigenvalue weighted by atomic mass is 79.9. The third-order valence-corrected chi connectivity index (χ3v) is 5.28. The molecule has 0 bridgehead atoms. The Hall–Kier alpha value is -2.45. The van der Waals surface area contributed by atoms with Crippen LogP contribution in [0.4, 0.5) is 0 Å². The molecule has 0 fully saturated rings. The maximum atomic E-state index is 12.3. The number of carbonyl (C=O) groups excluding carboxylic acids is 1. The van der Waals surface area contributed by atoms with Crippen LogP contribution in [0.2, 0.25) is 0 Å². The number of nitrogens with zero attached hydrogens (tertiary/aromatic N) is 2. The smallest absolute Gasteiger partial charge is 0.264 e. The van der Waals surface area contributed by atoms with Crippen LogP contribution in [0.3, 0.4) is 0 Å². The van der Waals surface area contributed by atoms with Crippen LogP contribution in [0, 0.1) is 0 Å². The van der Waals surface area contributed by atoms with E-state index < -0.39 is 15.9 Å². The maximum Gasteiger partial charge on any atom is 0.264 e. The number of benzene rings is 2. The van der Waals surface area contributed by atoms with Gasteiger partial charge in [-0.1, -0.05) is 34.1 Å². The van der Waals surface area contributed by atoms with E-state index in [9.17, 15) is 13.2 Å². The average Bonchev–Trinajstić information content (AvgIpc) is 3.08. The number of nitrogens with one attached hydrogen (secondary N) is 1. The Morgan fingerprint density at radius 3 is 2.52 bits per heavy atom. The van der Waals surface area contributed by atoms with Crippen molar-refractivity contribution >= 4 is 31.9 Å². The van der Waals surface area contributed by atoms with Gasteiger partial charge in [-0.3, -0.25) is 9.48 Å². The lowest BCUT2D eigenvalue weighted by Gasteiger charge is -2.08. The monoisotopic (exact) mass is 419 g/mol. The summed E-state index contributed by atoms with van der Waals surface area (Å²) in [6.45, 7) is 0.575.